The molecule has 0 saturated heterocycles. The normalized spacial score (nSPS) is 11.0. The first kappa shape index (κ1) is 17.7. The van der Waals surface area contributed by atoms with Gasteiger partial charge in [-0.1, -0.05) is 60.7 Å². The van der Waals surface area contributed by atoms with E-state index in [1.54, 1.807) is 0 Å². The number of halogens is 1. The molecule has 0 unspecified atom stereocenters. The van der Waals surface area contributed by atoms with Crippen molar-refractivity contribution in [1.82, 2.24) is 0 Å². The van der Waals surface area contributed by atoms with Crippen LogP contribution in [0.15, 0.2) is 12.2 Å². The summed E-state index contributed by atoms with van der Waals surface area (Å²) < 4.78 is 5.15. The van der Waals surface area contributed by atoms with Crippen molar-refractivity contribution in [2.24, 2.45) is 0 Å². The highest BCUT2D eigenvalue weighted by Gasteiger charge is 2.01. The summed E-state index contributed by atoms with van der Waals surface area (Å²) >= 11 is 3.41. The first-order valence-electron chi connectivity index (χ1n) is 7.17. The first-order chi connectivity index (χ1) is 8.81. The summed E-state index contributed by atoms with van der Waals surface area (Å²) in [7, 11) is 0. The van der Waals surface area contributed by atoms with Crippen LogP contribution in [0.2, 0.25) is 0 Å². The molecule has 0 aliphatic heterocycles. The van der Waals surface area contributed by atoms with Crippen molar-refractivity contribution >= 4 is 21.9 Å². The van der Waals surface area contributed by atoms with Crippen molar-refractivity contribution in [3.05, 3.63) is 12.2 Å². The summed E-state index contributed by atoms with van der Waals surface area (Å²) in [6.07, 6.45) is 13.8. The number of carbonyl (C=O) groups is 1. The molecule has 0 amide bonds. The number of hydrogen-bond donors (Lipinski definition) is 0. The standard InChI is InChI=1S/C15H27BrO2/c1-2-3-4-8-11-14-18-15(17)12-9-6-5-7-10-13-16/h4,8H,2-3,5-7,9-14H2,1H3. The SMILES string of the molecule is CCCC=CCCOC(=O)CCCCCCCBr. The predicted octanol–water partition coefficient (Wildman–Crippen LogP) is 5.01. The number of hydrogen-bond acceptors (Lipinski definition) is 2. The lowest BCUT2D eigenvalue weighted by atomic mass is 10.1. The molecule has 0 atom stereocenters. The highest BCUT2D eigenvalue weighted by Crippen LogP contribution is 2.07. The number of rotatable bonds is 12. The fraction of sp³-hybridized carbons (Fsp3) is 0.800. The Hall–Kier alpha value is -0.310. The molecule has 0 aliphatic rings. The zero-order valence-corrected chi connectivity index (χ0v) is 13.2. The third kappa shape index (κ3) is 13.8. The number of esters is 1. The van der Waals surface area contributed by atoms with Crippen LogP contribution in [0.1, 0.15) is 64.7 Å². The van der Waals surface area contributed by atoms with Crippen molar-refractivity contribution in [2.75, 3.05) is 11.9 Å². The molecule has 2 nitrogen and oxygen atoms in total. The van der Waals surface area contributed by atoms with Gasteiger partial charge in [0.1, 0.15) is 0 Å². The molecule has 3 heteroatoms. The number of unbranched alkanes of at least 4 members (excludes halogenated alkanes) is 5. The maximum atomic E-state index is 11.4. The van der Waals surface area contributed by atoms with Crippen LogP contribution < -0.4 is 0 Å². The first-order valence-corrected chi connectivity index (χ1v) is 8.30. The van der Waals surface area contributed by atoms with E-state index in [9.17, 15) is 4.79 Å². The highest BCUT2D eigenvalue weighted by atomic mass is 79.9. The van der Waals surface area contributed by atoms with E-state index in [4.69, 9.17) is 4.74 Å². The minimum atomic E-state index is -0.0422. The zero-order chi connectivity index (χ0) is 13.5. The molecule has 0 aliphatic carbocycles. The van der Waals surface area contributed by atoms with Crippen molar-refractivity contribution in [3.8, 4) is 0 Å². The molecule has 0 aromatic carbocycles. The summed E-state index contributed by atoms with van der Waals surface area (Å²) in [5.74, 6) is -0.0422. The van der Waals surface area contributed by atoms with Gasteiger partial charge in [0.25, 0.3) is 0 Å². The molecule has 0 heterocycles. The lowest BCUT2D eigenvalue weighted by Gasteiger charge is -2.03. The summed E-state index contributed by atoms with van der Waals surface area (Å²) in [5, 5.41) is 1.08. The van der Waals surface area contributed by atoms with Crippen LogP contribution in [0.5, 0.6) is 0 Å². The van der Waals surface area contributed by atoms with E-state index in [1.807, 2.05) is 0 Å². The summed E-state index contributed by atoms with van der Waals surface area (Å²) in [6, 6.07) is 0. The van der Waals surface area contributed by atoms with Gasteiger partial charge in [0.15, 0.2) is 0 Å². The molecule has 18 heavy (non-hydrogen) atoms. The minimum Gasteiger partial charge on any atom is -0.465 e. The van der Waals surface area contributed by atoms with Gasteiger partial charge in [-0.3, -0.25) is 4.79 Å². The van der Waals surface area contributed by atoms with Gasteiger partial charge in [0, 0.05) is 11.8 Å². The largest absolute Gasteiger partial charge is 0.465 e. The molecule has 0 aromatic heterocycles. The third-order valence-electron chi connectivity index (χ3n) is 2.68. The van der Waals surface area contributed by atoms with Crippen molar-refractivity contribution in [1.29, 1.82) is 0 Å². The molecule has 106 valence electrons. The zero-order valence-electron chi connectivity index (χ0n) is 11.6. The van der Waals surface area contributed by atoms with Crippen LogP contribution >= 0.6 is 15.9 Å². The Balaban J connectivity index is 3.22. The van der Waals surface area contributed by atoms with Crippen molar-refractivity contribution in [2.45, 2.75) is 64.7 Å². The van der Waals surface area contributed by atoms with E-state index in [0.717, 1.165) is 31.0 Å². The highest BCUT2D eigenvalue weighted by molar-refractivity contribution is 9.09. The maximum absolute atomic E-state index is 11.4. The second kappa shape index (κ2) is 14.7. The Bertz CT molecular complexity index is 215. The molecule has 0 fully saturated rings. The quantitative estimate of drug-likeness (QED) is 0.219. The van der Waals surface area contributed by atoms with Gasteiger partial charge in [0.2, 0.25) is 0 Å². The monoisotopic (exact) mass is 318 g/mol. The number of carbonyl (C=O) groups excluding carboxylic acids is 1. The Morgan fingerprint density at radius 1 is 1.06 bits per heavy atom. The van der Waals surface area contributed by atoms with E-state index in [1.165, 1.54) is 25.7 Å². The van der Waals surface area contributed by atoms with Crippen LogP contribution in [-0.4, -0.2) is 17.9 Å². The van der Waals surface area contributed by atoms with E-state index >= 15 is 0 Å². The Kier molecular flexibility index (Phi) is 14.5. The summed E-state index contributed by atoms with van der Waals surface area (Å²) in [6.45, 7) is 2.69. The molecule has 0 radical (unpaired) electrons. The Morgan fingerprint density at radius 3 is 2.44 bits per heavy atom. The van der Waals surface area contributed by atoms with Crippen molar-refractivity contribution in [3.63, 3.8) is 0 Å². The second-order valence-electron chi connectivity index (χ2n) is 4.48. The average molecular weight is 319 g/mol. The second-order valence-corrected chi connectivity index (χ2v) is 5.27. The number of allylic oxidation sites excluding steroid dienone is 1. The molecule has 0 bridgehead atoms. The van der Waals surface area contributed by atoms with Crippen LogP contribution in [0.4, 0.5) is 0 Å². The van der Waals surface area contributed by atoms with Gasteiger partial charge >= 0.3 is 5.97 Å². The van der Waals surface area contributed by atoms with Crippen LogP contribution in [0.25, 0.3) is 0 Å². The topological polar surface area (TPSA) is 26.3 Å². The smallest absolute Gasteiger partial charge is 0.305 e. The summed E-state index contributed by atoms with van der Waals surface area (Å²) in [5.41, 5.74) is 0. The van der Waals surface area contributed by atoms with Crippen LogP contribution in [-0.2, 0) is 9.53 Å². The third-order valence-corrected chi connectivity index (χ3v) is 3.24. The van der Waals surface area contributed by atoms with Gasteiger partial charge in [-0.2, -0.15) is 0 Å². The summed E-state index contributed by atoms with van der Waals surface area (Å²) in [4.78, 5) is 11.4. The lowest BCUT2D eigenvalue weighted by Crippen LogP contribution is -2.04. The van der Waals surface area contributed by atoms with E-state index in [2.05, 4.69) is 35.0 Å². The molecule has 0 rings (SSSR count). The Labute approximate surface area is 120 Å². The van der Waals surface area contributed by atoms with Gasteiger partial charge < -0.3 is 4.74 Å². The lowest BCUT2D eigenvalue weighted by molar-refractivity contribution is -0.143. The van der Waals surface area contributed by atoms with Crippen LogP contribution in [0, 0.1) is 0 Å². The minimum absolute atomic E-state index is 0.0422. The van der Waals surface area contributed by atoms with Crippen LogP contribution in [0.3, 0.4) is 0 Å². The van der Waals surface area contributed by atoms with Crippen molar-refractivity contribution < 1.29 is 9.53 Å². The van der Waals surface area contributed by atoms with Gasteiger partial charge in [-0.25, -0.2) is 0 Å². The van der Waals surface area contributed by atoms with Gasteiger partial charge in [0.05, 0.1) is 6.61 Å². The predicted molar refractivity (Wildman–Crippen MR) is 81.1 cm³/mol. The molecule has 0 aromatic rings. The number of alkyl halides is 1. The maximum Gasteiger partial charge on any atom is 0.305 e. The molecule has 0 N–H and O–H groups in total. The molecular formula is C15H27BrO2. The van der Waals surface area contributed by atoms with Gasteiger partial charge in [-0.05, 0) is 25.7 Å². The Morgan fingerprint density at radius 2 is 1.72 bits per heavy atom. The molecular weight excluding hydrogens is 292 g/mol. The van der Waals surface area contributed by atoms with E-state index in [0.29, 0.717) is 13.0 Å². The van der Waals surface area contributed by atoms with E-state index < -0.39 is 0 Å². The average Bonchev–Trinajstić information content (AvgIpc) is 2.38. The van der Waals surface area contributed by atoms with Gasteiger partial charge in [-0.15, -0.1) is 0 Å². The van der Waals surface area contributed by atoms with E-state index in [-0.39, 0.29) is 5.97 Å². The number of ether oxygens (including phenoxy) is 1. The fourth-order valence-corrected chi connectivity index (χ4v) is 2.01. The fourth-order valence-electron chi connectivity index (χ4n) is 1.61. The molecule has 0 spiro atoms. The molecule has 0 saturated carbocycles.